The largest absolute Gasteiger partial charge is 0.309 e. The number of hydrogen-bond donors (Lipinski definition) is 0. The Morgan fingerprint density at radius 1 is 0.241 bits per heavy atom. The fourth-order valence-electron chi connectivity index (χ4n) is 8.72. The van der Waals surface area contributed by atoms with Gasteiger partial charge in [-0.1, -0.05) is 140 Å². The van der Waals surface area contributed by atoms with E-state index in [-0.39, 0.29) is 5.56 Å². The van der Waals surface area contributed by atoms with E-state index in [2.05, 4.69) is 205 Å². The van der Waals surface area contributed by atoms with Crippen molar-refractivity contribution in [1.82, 2.24) is 9.13 Å². The SMILES string of the molecule is O=c1c2ccccc2c2cc(-c3ccc4c(c3)c3ccccc3n4-c3ccccc3)ccc2n1-c1ccc(-c2cc(-c3ccccc3)cc(-c3ccccc3)c2)cc1. The van der Waals surface area contributed by atoms with Crippen LogP contribution in [0, 0.1) is 0 Å². The smallest absolute Gasteiger partial charge is 0.263 e. The Morgan fingerprint density at radius 3 is 1.22 bits per heavy atom. The van der Waals surface area contributed by atoms with Crippen LogP contribution in [0.15, 0.2) is 223 Å². The van der Waals surface area contributed by atoms with Gasteiger partial charge in [0, 0.05) is 32.9 Å². The Bertz CT molecular complexity index is 3320. The van der Waals surface area contributed by atoms with Gasteiger partial charge in [0.15, 0.2) is 0 Å². The maximum absolute atomic E-state index is 14.4. The Hall–Kier alpha value is -7.75. The average Bonchev–Trinajstić information content (AvgIpc) is 3.64. The molecule has 0 atom stereocenters. The van der Waals surface area contributed by atoms with Crippen molar-refractivity contribution in [2.45, 2.75) is 0 Å². The second kappa shape index (κ2) is 13.8. The molecule has 11 rings (SSSR count). The van der Waals surface area contributed by atoms with Crippen molar-refractivity contribution in [1.29, 1.82) is 0 Å². The van der Waals surface area contributed by atoms with E-state index in [0.717, 1.165) is 61.0 Å². The molecule has 0 amide bonds. The molecule has 0 radical (unpaired) electrons. The standard InChI is InChI=1S/C55H36N2O/c58-55-49-22-11-10-20-47(49)50-35-40(41-26-30-53-51(36-41)48-21-12-13-23-52(48)56(53)45-18-8-3-9-19-45)27-31-54(50)57(55)46-28-24-39(25-29-46)44-33-42(37-14-4-1-5-15-37)32-43(34-44)38-16-6-2-7-17-38/h1-36H. The van der Waals surface area contributed by atoms with Crippen molar-refractivity contribution in [3.8, 4) is 55.9 Å². The van der Waals surface area contributed by atoms with Crippen molar-refractivity contribution >= 4 is 43.5 Å². The first-order valence-corrected chi connectivity index (χ1v) is 19.7. The molecular formula is C55H36N2O. The monoisotopic (exact) mass is 740 g/mol. The summed E-state index contributed by atoms with van der Waals surface area (Å²) >= 11 is 0. The molecule has 0 spiro atoms. The van der Waals surface area contributed by atoms with Crippen LogP contribution >= 0.6 is 0 Å². The number of pyridine rings is 1. The van der Waals surface area contributed by atoms with Crippen LogP contribution in [0.3, 0.4) is 0 Å². The van der Waals surface area contributed by atoms with Gasteiger partial charge in [0.1, 0.15) is 0 Å². The van der Waals surface area contributed by atoms with Crippen LogP contribution in [-0.2, 0) is 0 Å². The summed E-state index contributed by atoms with van der Waals surface area (Å²) in [5.74, 6) is 0. The number of rotatable bonds is 6. The molecule has 0 aliphatic heterocycles. The molecule has 0 saturated heterocycles. The van der Waals surface area contributed by atoms with Crippen molar-refractivity contribution in [2.24, 2.45) is 0 Å². The molecule has 11 aromatic rings. The molecule has 0 saturated carbocycles. The number of nitrogens with zero attached hydrogens (tertiary/aromatic N) is 2. The van der Waals surface area contributed by atoms with Gasteiger partial charge in [0.25, 0.3) is 5.56 Å². The Labute approximate surface area is 336 Å². The number of fused-ring (bicyclic) bond motifs is 6. The fraction of sp³-hybridized carbons (Fsp3) is 0. The van der Waals surface area contributed by atoms with Gasteiger partial charge < -0.3 is 4.57 Å². The summed E-state index contributed by atoms with van der Waals surface area (Å²) in [6.45, 7) is 0. The van der Waals surface area contributed by atoms with E-state index in [1.807, 2.05) is 22.8 Å². The molecule has 0 fully saturated rings. The summed E-state index contributed by atoms with van der Waals surface area (Å²) in [5.41, 5.74) is 14.3. The summed E-state index contributed by atoms with van der Waals surface area (Å²) in [6, 6.07) is 76.7. The number of aromatic nitrogens is 2. The molecule has 3 heteroatoms. The van der Waals surface area contributed by atoms with E-state index in [1.54, 1.807) is 0 Å². The van der Waals surface area contributed by atoms with Crippen LogP contribution in [-0.4, -0.2) is 9.13 Å². The number of hydrogen-bond acceptors (Lipinski definition) is 1. The van der Waals surface area contributed by atoms with Crippen LogP contribution in [0.4, 0.5) is 0 Å². The van der Waals surface area contributed by atoms with E-state index in [4.69, 9.17) is 0 Å². The van der Waals surface area contributed by atoms with Crippen molar-refractivity contribution in [2.75, 3.05) is 0 Å². The van der Waals surface area contributed by atoms with E-state index in [9.17, 15) is 4.79 Å². The summed E-state index contributed by atoms with van der Waals surface area (Å²) in [4.78, 5) is 14.4. The lowest BCUT2D eigenvalue weighted by atomic mass is 9.93. The summed E-state index contributed by atoms with van der Waals surface area (Å²) in [5, 5.41) is 5.10. The molecule has 0 N–H and O–H groups in total. The van der Waals surface area contributed by atoms with Gasteiger partial charge in [0.2, 0.25) is 0 Å². The summed E-state index contributed by atoms with van der Waals surface area (Å²) in [7, 11) is 0. The highest BCUT2D eigenvalue weighted by atomic mass is 16.1. The maximum Gasteiger partial charge on any atom is 0.263 e. The predicted molar refractivity (Wildman–Crippen MR) is 243 cm³/mol. The molecule has 0 aliphatic rings. The van der Waals surface area contributed by atoms with Crippen LogP contribution in [0.1, 0.15) is 0 Å². The molecular weight excluding hydrogens is 705 g/mol. The minimum Gasteiger partial charge on any atom is -0.309 e. The van der Waals surface area contributed by atoms with Gasteiger partial charge in [-0.15, -0.1) is 0 Å². The van der Waals surface area contributed by atoms with E-state index in [0.29, 0.717) is 5.39 Å². The minimum absolute atomic E-state index is 0.0313. The van der Waals surface area contributed by atoms with Crippen molar-refractivity contribution in [3.05, 3.63) is 229 Å². The normalized spacial score (nSPS) is 11.5. The van der Waals surface area contributed by atoms with E-state index in [1.165, 1.54) is 32.9 Å². The predicted octanol–water partition coefficient (Wildman–Crippen LogP) is 13.9. The second-order valence-corrected chi connectivity index (χ2v) is 14.9. The third kappa shape index (κ3) is 5.64. The van der Waals surface area contributed by atoms with Gasteiger partial charge in [0.05, 0.1) is 16.6 Å². The zero-order chi connectivity index (χ0) is 38.6. The molecule has 0 bridgehead atoms. The molecule has 0 unspecified atom stereocenters. The van der Waals surface area contributed by atoms with Crippen LogP contribution in [0.2, 0.25) is 0 Å². The summed E-state index contributed by atoms with van der Waals surface area (Å²) in [6.07, 6.45) is 0. The minimum atomic E-state index is -0.0313. The second-order valence-electron chi connectivity index (χ2n) is 14.9. The molecule has 0 aliphatic carbocycles. The van der Waals surface area contributed by atoms with Gasteiger partial charge in [-0.2, -0.15) is 0 Å². The van der Waals surface area contributed by atoms with Crippen LogP contribution in [0.5, 0.6) is 0 Å². The molecule has 2 aromatic heterocycles. The molecule has 272 valence electrons. The molecule has 58 heavy (non-hydrogen) atoms. The molecule has 2 heterocycles. The van der Waals surface area contributed by atoms with Gasteiger partial charge >= 0.3 is 0 Å². The fourth-order valence-corrected chi connectivity index (χ4v) is 8.72. The lowest BCUT2D eigenvalue weighted by molar-refractivity contribution is 1.06. The lowest BCUT2D eigenvalue weighted by Crippen LogP contribution is -2.19. The Balaban J connectivity index is 1.04. The van der Waals surface area contributed by atoms with E-state index >= 15 is 0 Å². The third-order valence-corrected chi connectivity index (χ3v) is 11.5. The van der Waals surface area contributed by atoms with Gasteiger partial charge in [-0.25, -0.2) is 0 Å². The first kappa shape index (κ1) is 33.6. The quantitative estimate of drug-likeness (QED) is 0.156. The molecule has 9 aromatic carbocycles. The third-order valence-electron chi connectivity index (χ3n) is 11.5. The maximum atomic E-state index is 14.4. The number of para-hydroxylation sites is 2. The zero-order valence-corrected chi connectivity index (χ0v) is 31.6. The summed E-state index contributed by atoms with van der Waals surface area (Å²) < 4.78 is 4.21. The Kier molecular flexibility index (Phi) is 7.97. The van der Waals surface area contributed by atoms with Crippen molar-refractivity contribution in [3.63, 3.8) is 0 Å². The van der Waals surface area contributed by atoms with Gasteiger partial charge in [-0.05, 0) is 129 Å². The zero-order valence-electron chi connectivity index (χ0n) is 31.6. The number of benzene rings is 9. The first-order chi connectivity index (χ1) is 28.7. The van der Waals surface area contributed by atoms with E-state index < -0.39 is 0 Å². The highest BCUT2D eigenvalue weighted by Gasteiger charge is 2.17. The molecule has 3 nitrogen and oxygen atoms in total. The van der Waals surface area contributed by atoms with Crippen LogP contribution in [0.25, 0.3) is 99.4 Å². The van der Waals surface area contributed by atoms with Crippen molar-refractivity contribution < 1.29 is 0 Å². The average molecular weight is 741 g/mol. The van der Waals surface area contributed by atoms with Gasteiger partial charge in [-0.3, -0.25) is 9.36 Å². The van der Waals surface area contributed by atoms with Crippen LogP contribution < -0.4 is 5.56 Å². The lowest BCUT2D eigenvalue weighted by Gasteiger charge is -2.16. The first-order valence-electron chi connectivity index (χ1n) is 19.7. The topological polar surface area (TPSA) is 26.9 Å². The highest BCUT2D eigenvalue weighted by Crippen LogP contribution is 2.37. The Morgan fingerprint density at radius 2 is 0.638 bits per heavy atom. The highest BCUT2D eigenvalue weighted by molar-refractivity contribution is 6.11.